The zero-order valence-electron chi connectivity index (χ0n) is 55.0. The fourth-order valence-electron chi connectivity index (χ4n) is 9.72. The normalized spacial score (nSPS) is 21.9. The van der Waals surface area contributed by atoms with Gasteiger partial charge in [-0.1, -0.05) is 75.2 Å². The Bertz CT molecular complexity index is 2530. The molecule has 4 atom stereocenters. The van der Waals surface area contributed by atoms with E-state index in [0.717, 1.165) is 94.2 Å². The number of unbranched alkanes of at least 4 members (excludes halogenated alkanes) is 3. The molecule has 4 heterocycles. The molecule has 0 saturated carbocycles. The van der Waals surface area contributed by atoms with Gasteiger partial charge in [-0.2, -0.15) is 0 Å². The number of aromatic nitrogens is 2. The summed E-state index contributed by atoms with van der Waals surface area (Å²) >= 11 is 4.56. The molecular formula is C70H109BrN4O8S2Sn. The number of ether oxygens (including phenoxy) is 4. The third kappa shape index (κ3) is 39.8. The van der Waals surface area contributed by atoms with E-state index in [1.165, 1.54) is 44.6 Å². The predicted octanol–water partition coefficient (Wildman–Crippen LogP) is 17.5. The van der Waals surface area contributed by atoms with Crippen molar-refractivity contribution in [1.29, 1.82) is 0 Å². The van der Waals surface area contributed by atoms with E-state index >= 15 is 0 Å². The van der Waals surface area contributed by atoms with Crippen LogP contribution in [0.2, 0.25) is 13.3 Å². The Hall–Kier alpha value is -4.00. The Morgan fingerprint density at radius 3 is 1.60 bits per heavy atom. The van der Waals surface area contributed by atoms with Crippen LogP contribution in [0.5, 0.6) is 0 Å². The number of esters is 4. The molecule has 0 N–H and O–H groups in total. The van der Waals surface area contributed by atoms with E-state index in [0.29, 0.717) is 51.4 Å². The van der Waals surface area contributed by atoms with Crippen LogP contribution in [-0.4, -0.2) is 128 Å². The van der Waals surface area contributed by atoms with E-state index in [2.05, 4.69) is 99.4 Å². The summed E-state index contributed by atoms with van der Waals surface area (Å²) in [5.74, 6) is -0.945. The van der Waals surface area contributed by atoms with Crippen LogP contribution in [0.3, 0.4) is 0 Å². The maximum absolute atomic E-state index is 12.7. The van der Waals surface area contributed by atoms with Crippen LogP contribution >= 0.6 is 38.6 Å². The summed E-state index contributed by atoms with van der Waals surface area (Å²) in [6.45, 7) is 20.6. The van der Waals surface area contributed by atoms with Gasteiger partial charge in [0.15, 0.2) is 0 Å². The van der Waals surface area contributed by atoms with E-state index in [9.17, 15) is 19.2 Å². The van der Waals surface area contributed by atoms with Crippen molar-refractivity contribution in [3.05, 3.63) is 136 Å². The fraction of sp³-hybridized carbons (Fsp3) is 0.600. The van der Waals surface area contributed by atoms with Crippen LogP contribution in [0, 0.1) is 0 Å². The average molecular weight is 1400 g/mol. The molecule has 16 heteroatoms. The molecule has 2 aromatic heterocycles. The van der Waals surface area contributed by atoms with Gasteiger partial charge >= 0.3 is 163 Å². The van der Waals surface area contributed by atoms with Crippen molar-refractivity contribution in [2.24, 2.45) is 0 Å². The first kappa shape index (κ1) is 78.1. The van der Waals surface area contributed by atoms with Gasteiger partial charge in [0.05, 0.1) is 21.4 Å². The minimum atomic E-state index is -2.02. The number of likely N-dealkylation sites (N-methyl/N-ethyl adjacent to an activating group) is 2. The monoisotopic (exact) mass is 1400 g/mol. The van der Waals surface area contributed by atoms with Gasteiger partial charge in [-0.15, -0.1) is 22.7 Å². The Balaban J connectivity index is 0.000000456. The third-order valence-electron chi connectivity index (χ3n) is 14.2. The van der Waals surface area contributed by atoms with E-state index in [4.69, 9.17) is 23.9 Å². The molecule has 0 fully saturated rings. The molecule has 4 rings (SSSR count). The SMILES string of the molecule is C/C(Br)=C\[C@@H]1Cc2nc(cs2)CCCCC(=O)O[C@@H](C)C/C(C)=C/C=C\C(=O)O1.CC(/C=C/C=C/CN(C)C)=C\[C@@H]1Cc2nc(cs2)CCCCC(=O)O[C@@H](C)C/C(C)=C/CCC(=O)O1.CCC[CH2][Sn](/[CH]=C/C=C/CN(C)C)([CH2]CCC)[CH2]CCC. The number of hydrogen-bond donors (Lipinski definition) is 0. The second kappa shape index (κ2) is 47.0. The number of cyclic esters (lactones) is 4. The molecule has 0 aliphatic carbocycles. The molecule has 0 amide bonds. The van der Waals surface area contributed by atoms with Crippen LogP contribution < -0.4 is 0 Å². The summed E-state index contributed by atoms with van der Waals surface area (Å²) < 4.78 is 30.8. The number of allylic oxidation sites excluding steroid dienone is 10. The van der Waals surface area contributed by atoms with Crippen LogP contribution in [0.25, 0.3) is 0 Å². The first-order chi connectivity index (χ1) is 41.1. The maximum atomic E-state index is 12.7. The molecule has 480 valence electrons. The van der Waals surface area contributed by atoms with Crippen molar-refractivity contribution in [3.8, 4) is 0 Å². The molecule has 4 bridgehead atoms. The van der Waals surface area contributed by atoms with Gasteiger partial charge in [0.2, 0.25) is 0 Å². The molecule has 2 aliphatic heterocycles. The zero-order valence-corrected chi connectivity index (χ0v) is 61.0. The number of carbonyl (C=O) groups is 4. The molecule has 2 aliphatic rings. The molecular weight excluding hydrogens is 1290 g/mol. The predicted molar refractivity (Wildman–Crippen MR) is 368 cm³/mol. The first-order valence-electron chi connectivity index (χ1n) is 31.8. The van der Waals surface area contributed by atoms with E-state index in [1.54, 1.807) is 42.1 Å². The Labute approximate surface area is 540 Å². The number of hydrogen-bond acceptors (Lipinski definition) is 14. The summed E-state index contributed by atoms with van der Waals surface area (Å²) in [6, 6.07) is 0. The van der Waals surface area contributed by atoms with Crippen molar-refractivity contribution in [2.75, 3.05) is 41.3 Å². The van der Waals surface area contributed by atoms with Gasteiger partial charge in [0.1, 0.15) is 24.4 Å². The topological polar surface area (TPSA) is 137 Å². The Morgan fingerprint density at radius 1 is 0.628 bits per heavy atom. The second-order valence-electron chi connectivity index (χ2n) is 23.7. The van der Waals surface area contributed by atoms with E-state index in [1.807, 2.05) is 104 Å². The van der Waals surface area contributed by atoms with Gasteiger partial charge < -0.3 is 23.8 Å². The molecule has 0 saturated heterocycles. The fourth-order valence-corrected chi connectivity index (χ4v) is 25.9. The number of rotatable bonds is 19. The molecule has 12 nitrogen and oxygen atoms in total. The van der Waals surface area contributed by atoms with Crippen molar-refractivity contribution in [2.45, 2.75) is 228 Å². The van der Waals surface area contributed by atoms with Crippen molar-refractivity contribution in [3.63, 3.8) is 0 Å². The summed E-state index contributed by atoms with van der Waals surface area (Å²) in [4.78, 5) is 62.7. The van der Waals surface area contributed by atoms with Crippen LogP contribution in [0.15, 0.2) is 115 Å². The van der Waals surface area contributed by atoms with E-state index in [-0.39, 0.29) is 42.3 Å². The van der Waals surface area contributed by atoms with Gasteiger partial charge in [0.25, 0.3) is 0 Å². The van der Waals surface area contributed by atoms with Crippen molar-refractivity contribution in [1.82, 2.24) is 19.8 Å². The van der Waals surface area contributed by atoms with Gasteiger partial charge in [-0.3, -0.25) is 14.4 Å². The van der Waals surface area contributed by atoms with Crippen molar-refractivity contribution >= 4 is 80.9 Å². The Morgan fingerprint density at radius 2 is 1.10 bits per heavy atom. The quantitative estimate of drug-likeness (QED) is 0.0435. The van der Waals surface area contributed by atoms with Crippen molar-refractivity contribution < 1.29 is 38.1 Å². The summed E-state index contributed by atoms with van der Waals surface area (Å²) in [5, 5.41) is 5.97. The molecule has 0 radical (unpaired) electrons. The standard InChI is InChI=1S/C29H42N2O4S.C22H28BrNO4S.C7H12N.3C4H9.Sn/c1-22-13-11-16-29(33)35-26(19-23(2)12-7-6-10-17-31(4)5)20-27-30-25(21-36-27)14-8-9-15-28(32)34-24(3)18-22;1-15-7-6-10-22(26)28-19(12-16(2)23)13-20-24-18(14-29-20)8-4-5-9-21(25)27-17(3)11-15;1-4-5-6-7-8(2)3;3*1-3-4-2;/h6-7,10,12-13,19,21,24,26H,8-9,11,14-18,20H2,1-5H3;6-7,10,12,14,17,19H,4-5,8-9,11,13H2,1-3H3;1,4-6H,7H2,2-3H3;3*1,3-4H2,2H3;/b10-6+,12-7+,22-13+,23-19+;10-6-,15-7+,16-12+;4-1?,6-5+;;;;/t24-,26+;17-,19+;;;;;/m00...../s1. The van der Waals surface area contributed by atoms with Gasteiger partial charge in [-0.25, -0.2) is 14.8 Å². The number of thiazole rings is 2. The number of halogens is 1. The molecule has 2 aromatic rings. The van der Waals surface area contributed by atoms with Crippen LogP contribution in [-0.2, 0) is 63.8 Å². The summed E-state index contributed by atoms with van der Waals surface area (Å²) in [5.41, 5.74) is 5.19. The number of fused-ring (bicyclic) bond motifs is 4. The number of carbonyl (C=O) groups excluding carboxylic acids is 4. The first-order valence-corrected chi connectivity index (χ1v) is 42.0. The number of aryl methyl sites for hydroxylation is 2. The minimum absolute atomic E-state index is 0.150. The average Bonchev–Trinajstić information content (AvgIpc) is 3.84. The van der Waals surface area contributed by atoms with Crippen LogP contribution in [0.4, 0.5) is 0 Å². The molecule has 0 unspecified atom stereocenters. The number of nitrogens with zero attached hydrogens (tertiary/aromatic N) is 4. The van der Waals surface area contributed by atoms with Gasteiger partial charge in [0, 0.05) is 68.3 Å². The molecule has 0 spiro atoms. The second-order valence-corrected chi connectivity index (χ2v) is 39.8. The molecule has 86 heavy (non-hydrogen) atoms. The third-order valence-corrected chi connectivity index (χ3v) is 30.4. The van der Waals surface area contributed by atoms with Gasteiger partial charge in [-0.05, 0) is 117 Å². The summed E-state index contributed by atoms with van der Waals surface area (Å²) in [6.07, 6.45) is 42.4. The van der Waals surface area contributed by atoms with E-state index < -0.39 is 24.3 Å². The zero-order chi connectivity index (χ0) is 63.5. The Kier molecular flexibility index (Phi) is 42.7. The van der Waals surface area contributed by atoms with Crippen LogP contribution in [0.1, 0.15) is 186 Å². The summed E-state index contributed by atoms with van der Waals surface area (Å²) in [7, 11) is 8.32. The molecule has 0 aromatic carbocycles.